The number of carbonyl (C=O) groups excluding carboxylic acids is 3. The molecule has 2 amide bonds. The number of nitrogens with zero attached hydrogens (tertiary/aromatic N) is 4. The Labute approximate surface area is 214 Å². The molecule has 0 saturated carbocycles. The molecule has 3 aliphatic heterocycles. The van der Waals surface area contributed by atoms with Gasteiger partial charge in [-0.3, -0.25) is 9.59 Å². The van der Waals surface area contributed by atoms with Gasteiger partial charge in [-0.05, 0) is 30.5 Å². The Morgan fingerprint density at radius 2 is 1.75 bits per heavy atom. The standard InChI is InChI=1S/C25H30N4O6S/c1-15-22(24(32)35-5)23(19-13-18(33-3)6-7-20(19)34-4)29-17(14-36-25(29)26-15)12-21(31)28-10-8-27(9-11-28)16(2)30/h6-7,13-14,23H,8-12H2,1-5H3/t23-/m0/s1. The third-order valence-corrected chi connectivity index (χ3v) is 7.44. The number of methoxy groups -OCH3 is 3. The van der Waals surface area contributed by atoms with Crippen LogP contribution in [0.5, 0.6) is 11.5 Å². The molecule has 0 unspecified atom stereocenters. The Morgan fingerprint density at radius 1 is 1.06 bits per heavy atom. The number of amides is 2. The van der Waals surface area contributed by atoms with Gasteiger partial charge in [0.25, 0.3) is 0 Å². The van der Waals surface area contributed by atoms with Crippen LogP contribution in [-0.4, -0.2) is 85.2 Å². The Bertz CT molecular complexity index is 1170. The number of esters is 1. The summed E-state index contributed by atoms with van der Waals surface area (Å²) in [6.45, 7) is 5.32. The SMILES string of the molecule is COC(=O)C1=C(C)N=C2SC=C(CC(=O)N3CCN(C(C)=O)CC3)N2[C@H]1c1cc(OC)ccc1OC. The number of benzene rings is 1. The van der Waals surface area contributed by atoms with Crippen molar-refractivity contribution in [3.05, 3.63) is 46.1 Å². The van der Waals surface area contributed by atoms with Crippen molar-refractivity contribution in [1.29, 1.82) is 0 Å². The van der Waals surface area contributed by atoms with Crippen molar-refractivity contribution in [1.82, 2.24) is 14.7 Å². The first-order valence-corrected chi connectivity index (χ1v) is 12.4. The number of carbonyl (C=O) groups is 3. The van der Waals surface area contributed by atoms with Crippen LogP contribution in [0.15, 0.2) is 45.6 Å². The summed E-state index contributed by atoms with van der Waals surface area (Å²) in [7, 11) is 4.47. The van der Waals surface area contributed by atoms with Crippen molar-refractivity contribution in [3.63, 3.8) is 0 Å². The number of aliphatic imine (C=N–C) groups is 1. The summed E-state index contributed by atoms with van der Waals surface area (Å²) in [5.74, 6) is 0.633. The maximum Gasteiger partial charge on any atom is 0.338 e. The largest absolute Gasteiger partial charge is 0.497 e. The second kappa shape index (κ2) is 10.7. The first-order valence-electron chi connectivity index (χ1n) is 11.6. The molecule has 3 heterocycles. The summed E-state index contributed by atoms with van der Waals surface area (Å²) in [4.78, 5) is 48.0. The van der Waals surface area contributed by atoms with E-state index in [0.717, 1.165) is 5.70 Å². The summed E-state index contributed by atoms with van der Waals surface area (Å²) in [5, 5.41) is 2.56. The zero-order chi connectivity index (χ0) is 26.0. The smallest absolute Gasteiger partial charge is 0.338 e. The summed E-state index contributed by atoms with van der Waals surface area (Å²) < 4.78 is 16.2. The molecule has 0 radical (unpaired) electrons. The van der Waals surface area contributed by atoms with Crippen LogP contribution in [0.2, 0.25) is 0 Å². The van der Waals surface area contributed by atoms with Gasteiger partial charge in [-0.2, -0.15) is 0 Å². The predicted molar refractivity (Wildman–Crippen MR) is 135 cm³/mol. The van der Waals surface area contributed by atoms with Crippen LogP contribution in [0.3, 0.4) is 0 Å². The van der Waals surface area contributed by atoms with E-state index in [9.17, 15) is 14.4 Å². The molecule has 0 bridgehead atoms. The fraction of sp³-hybridized carbons (Fsp3) is 0.440. The molecule has 1 aromatic rings. The van der Waals surface area contributed by atoms with E-state index in [-0.39, 0.29) is 18.2 Å². The first-order chi connectivity index (χ1) is 17.3. The molecule has 36 heavy (non-hydrogen) atoms. The lowest BCUT2D eigenvalue weighted by Gasteiger charge is -2.38. The van der Waals surface area contributed by atoms with Crippen LogP contribution in [0.25, 0.3) is 0 Å². The van der Waals surface area contributed by atoms with Gasteiger partial charge >= 0.3 is 5.97 Å². The lowest BCUT2D eigenvalue weighted by atomic mass is 9.92. The van der Waals surface area contributed by atoms with Crippen molar-refractivity contribution in [2.45, 2.75) is 26.3 Å². The van der Waals surface area contributed by atoms with Crippen LogP contribution < -0.4 is 9.47 Å². The molecule has 4 rings (SSSR count). The van der Waals surface area contributed by atoms with Crippen molar-refractivity contribution < 1.29 is 28.6 Å². The second-order valence-electron chi connectivity index (χ2n) is 8.56. The molecule has 1 atom stereocenters. The molecule has 1 aromatic carbocycles. The molecule has 0 aromatic heterocycles. The quantitative estimate of drug-likeness (QED) is 0.534. The minimum atomic E-state index is -0.626. The van der Waals surface area contributed by atoms with Crippen LogP contribution in [0.1, 0.15) is 31.9 Å². The highest BCUT2D eigenvalue weighted by Crippen LogP contribution is 2.47. The van der Waals surface area contributed by atoms with Gasteiger partial charge in [0.15, 0.2) is 5.17 Å². The van der Waals surface area contributed by atoms with Crippen molar-refractivity contribution in [2.75, 3.05) is 47.5 Å². The Balaban J connectivity index is 1.68. The summed E-state index contributed by atoms with van der Waals surface area (Å²) in [6.07, 6.45) is 0.127. The normalized spacial score (nSPS) is 19.5. The number of ether oxygens (including phenoxy) is 3. The second-order valence-corrected chi connectivity index (χ2v) is 9.39. The summed E-state index contributed by atoms with van der Waals surface area (Å²) in [5.41, 5.74) is 2.32. The zero-order valence-corrected chi connectivity index (χ0v) is 21.9. The van der Waals surface area contributed by atoms with Gasteiger partial charge in [-0.1, -0.05) is 11.8 Å². The number of hydrogen-bond donors (Lipinski definition) is 0. The Hall–Kier alpha value is -3.47. The molecule has 192 valence electrons. The van der Waals surface area contributed by atoms with Gasteiger partial charge in [-0.25, -0.2) is 9.79 Å². The van der Waals surface area contributed by atoms with E-state index in [0.29, 0.717) is 59.7 Å². The highest BCUT2D eigenvalue weighted by Gasteiger charge is 2.42. The van der Waals surface area contributed by atoms with E-state index in [2.05, 4.69) is 4.99 Å². The fourth-order valence-electron chi connectivity index (χ4n) is 4.63. The average molecular weight is 515 g/mol. The average Bonchev–Trinajstić information content (AvgIpc) is 3.28. The number of piperazine rings is 1. The summed E-state index contributed by atoms with van der Waals surface area (Å²) >= 11 is 1.41. The number of allylic oxidation sites excluding steroid dienone is 1. The van der Waals surface area contributed by atoms with Gasteiger partial charge in [-0.15, -0.1) is 0 Å². The van der Waals surface area contributed by atoms with Gasteiger partial charge in [0.05, 0.1) is 45.1 Å². The number of hydrogen-bond acceptors (Lipinski definition) is 9. The molecule has 0 aliphatic carbocycles. The predicted octanol–water partition coefficient (Wildman–Crippen LogP) is 2.53. The molecule has 1 saturated heterocycles. The van der Waals surface area contributed by atoms with Crippen LogP contribution in [-0.2, 0) is 19.1 Å². The van der Waals surface area contributed by atoms with E-state index in [1.54, 1.807) is 43.1 Å². The van der Waals surface area contributed by atoms with Crippen molar-refractivity contribution >= 4 is 34.7 Å². The van der Waals surface area contributed by atoms with Crippen LogP contribution in [0, 0.1) is 0 Å². The van der Waals surface area contributed by atoms with Crippen molar-refractivity contribution in [2.24, 2.45) is 4.99 Å². The minimum absolute atomic E-state index is 0.0127. The summed E-state index contributed by atoms with van der Waals surface area (Å²) in [6, 6.07) is 4.77. The van der Waals surface area contributed by atoms with Gasteiger partial charge in [0, 0.05) is 44.4 Å². The van der Waals surface area contributed by atoms with Gasteiger partial charge in [0.1, 0.15) is 11.5 Å². The molecule has 10 nitrogen and oxygen atoms in total. The fourth-order valence-corrected chi connectivity index (χ4v) is 5.59. The van der Waals surface area contributed by atoms with E-state index < -0.39 is 12.0 Å². The number of thioether (sulfide) groups is 1. The number of rotatable bonds is 6. The Morgan fingerprint density at radius 3 is 2.36 bits per heavy atom. The molecule has 0 spiro atoms. The molecule has 1 fully saturated rings. The number of fused-ring (bicyclic) bond motifs is 1. The first kappa shape index (κ1) is 25.6. The molecular weight excluding hydrogens is 484 g/mol. The van der Waals surface area contributed by atoms with Crippen molar-refractivity contribution in [3.8, 4) is 11.5 Å². The van der Waals surface area contributed by atoms with E-state index >= 15 is 0 Å². The molecular formula is C25H30N4O6S. The maximum absolute atomic E-state index is 13.3. The van der Waals surface area contributed by atoms with Crippen LogP contribution >= 0.6 is 11.8 Å². The number of amidine groups is 1. The lowest BCUT2D eigenvalue weighted by Crippen LogP contribution is -2.50. The molecule has 3 aliphatic rings. The zero-order valence-electron chi connectivity index (χ0n) is 21.1. The maximum atomic E-state index is 13.3. The Kier molecular flexibility index (Phi) is 7.58. The minimum Gasteiger partial charge on any atom is -0.497 e. The van der Waals surface area contributed by atoms with Crippen LogP contribution in [0.4, 0.5) is 0 Å². The lowest BCUT2D eigenvalue weighted by molar-refractivity contribution is -0.138. The highest BCUT2D eigenvalue weighted by atomic mass is 32.2. The van der Waals surface area contributed by atoms with E-state index in [4.69, 9.17) is 14.2 Å². The third kappa shape index (κ3) is 4.79. The highest BCUT2D eigenvalue weighted by molar-refractivity contribution is 8.16. The van der Waals surface area contributed by atoms with E-state index in [1.807, 2.05) is 16.4 Å². The third-order valence-electron chi connectivity index (χ3n) is 6.55. The molecule has 11 heteroatoms. The van der Waals surface area contributed by atoms with Gasteiger partial charge < -0.3 is 28.9 Å². The molecule has 0 N–H and O–H groups in total. The monoisotopic (exact) mass is 514 g/mol. The topological polar surface area (TPSA) is 101 Å². The van der Waals surface area contributed by atoms with Gasteiger partial charge in [0.2, 0.25) is 11.8 Å². The van der Waals surface area contributed by atoms with E-state index in [1.165, 1.54) is 25.8 Å².